The predicted octanol–water partition coefficient (Wildman–Crippen LogP) is 2.46. The van der Waals surface area contributed by atoms with Crippen molar-refractivity contribution < 1.29 is 9.90 Å². The zero-order chi connectivity index (χ0) is 13.7. The quantitative estimate of drug-likeness (QED) is 0.653. The fraction of sp³-hybridized carbons (Fsp3) is 0.0667. The zero-order valence-corrected chi connectivity index (χ0v) is 10.5. The molecule has 4 heteroatoms. The van der Waals surface area contributed by atoms with Crippen LogP contribution < -0.4 is 5.43 Å². The van der Waals surface area contributed by atoms with Gasteiger partial charge in [0.2, 0.25) is 0 Å². The van der Waals surface area contributed by atoms with Crippen LogP contribution in [0.5, 0.6) is 5.75 Å². The Bertz CT molecular complexity index is 604. The Hall–Kier alpha value is -2.62. The van der Waals surface area contributed by atoms with E-state index in [1.807, 2.05) is 31.2 Å². The Morgan fingerprint density at radius 3 is 2.53 bits per heavy atom. The molecule has 2 N–H and O–H groups in total. The molecule has 0 saturated heterocycles. The third-order valence-corrected chi connectivity index (χ3v) is 2.61. The highest BCUT2D eigenvalue weighted by Crippen LogP contribution is 2.14. The van der Waals surface area contributed by atoms with Gasteiger partial charge in [-0.05, 0) is 24.6 Å². The summed E-state index contributed by atoms with van der Waals surface area (Å²) in [5, 5.41) is 13.4. The second-order valence-corrected chi connectivity index (χ2v) is 4.13. The number of aryl methyl sites for hydroxylation is 1. The molecule has 1 amide bonds. The van der Waals surface area contributed by atoms with Gasteiger partial charge in [0.25, 0.3) is 5.91 Å². The molecule has 2 rings (SSSR count). The SMILES string of the molecule is Cc1ccc(/C=N/NC(=O)c2ccccc2O)cc1. The highest BCUT2D eigenvalue weighted by molar-refractivity contribution is 5.97. The molecule has 0 unspecified atom stereocenters. The Balaban J connectivity index is 2.01. The molecule has 19 heavy (non-hydrogen) atoms. The number of para-hydroxylation sites is 1. The van der Waals surface area contributed by atoms with Crippen LogP contribution in [-0.4, -0.2) is 17.2 Å². The van der Waals surface area contributed by atoms with Gasteiger partial charge in [-0.25, -0.2) is 5.43 Å². The van der Waals surface area contributed by atoms with E-state index in [0.29, 0.717) is 0 Å². The summed E-state index contributed by atoms with van der Waals surface area (Å²) in [4.78, 5) is 11.7. The topological polar surface area (TPSA) is 61.7 Å². The van der Waals surface area contributed by atoms with Gasteiger partial charge in [0.1, 0.15) is 5.75 Å². The van der Waals surface area contributed by atoms with Gasteiger partial charge in [-0.2, -0.15) is 5.10 Å². The number of carbonyl (C=O) groups excluding carboxylic acids is 1. The summed E-state index contributed by atoms with van der Waals surface area (Å²) in [6.07, 6.45) is 1.55. The Labute approximate surface area is 111 Å². The summed E-state index contributed by atoms with van der Waals surface area (Å²) in [6.45, 7) is 2.00. The van der Waals surface area contributed by atoms with Crippen molar-refractivity contribution in [2.45, 2.75) is 6.92 Å². The average Bonchev–Trinajstić information content (AvgIpc) is 2.41. The van der Waals surface area contributed by atoms with E-state index in [9.17, 15) is 9.90 Å². The molecule has 0 aromatic heterocycles. The first-order chi connectivity index (χ1) is 9.16. The van der Waals surface area contributed by atoms with Gasteiger partial charge in [-0.1, -0.05) is 42.0 Å². The highest BCUT2D eigenvalue weighted by Gasteiger charge is 2.08. The molecule has 0 radical (unpaired) electrons. The molecule has 0 atom stereocenters. The van der Waals surface area contributed by atoms with Crippen LogP contribution in [0.4, 0.5) is 0 Å². The Morgan fingerprint density at radius 2 is 1.84 bits per heavy atom. The molecular weight excluding hydrogens is 240 g/mol. The molecule has 4 nitrogen and oxygen atoms in total. The Morgan fingerprint density at radius 1 is 1.16 bits per heavy atom. The van der Waals surface area contributed by atoms with E-state index in [2.05, 4.69) is 10.5 Å². The smallest absolute Gasteiger partial charge is 0.275 e. The molecule has 96 valence electrons. The minimum Gasteiger partial charge on any atom is -0.507 e. The average molecular weight is 254 g/mol. The highest BCUT2D eigenvalue weighted by atomic mass is 16.3. The number of hydrogen-bond acceptors (Lipinski definition) is 3. The number of nitrogens with zero attached hydrogens (tertiary/aromatic N) is 1. The van der Waals surface area contributed by atoms with Crippen LogP contribution in [-0.2, 0) is 0 Å². The first kappa shape index (κ1) is 12.8. The second kappa shape index (κ2) is 5.82. The van der Waals surface area contributed by atoms with Crippen LogP contribution >= 0.6 is 0 Å². The van der Waals surface area contributed by atoms with Crippen LogP contribution in [0.2, 0.25) is 0 Å². The maximum Gasteiger partial charge on any atom is 0.275 e. The van der Waals surface area contributed by atoms with Crippen molar-refractivity contribution in [2.24, 2.45) is 5.10 Å². The fourth-order valence-corrected chi connectivity index (χ4v) is 1.54. The summed E-state index contributed by atoms with van der Waals surface area (Å²) < 4.78 is 0. The molecule has 0 fully saturated rings. The molecule has 0 aliphatic rings. The number of hydrogen-bond donors (Lipinski definition) is 2. The monoisotopic (exact) mass is 254 g/mol. The second-order valence-electron chi connectivity index (χ2n) is 4.13. The molecule has 0 bridgehead atoms. The van der Waals surface area contributed by atoms with E-state index in [1.165, 1.54) is 12.1 Å². The van der Waals surface area contributed by atoms with Crippen LogP contribution in [0.3, 0.4) is 0 Å². The molecular formula is C15H14N2O2. The van der Waals surface area contributed by atoms with Gasteiger partial charge in [-0.15, -0.1) is 0 Å². The lowest BCUT2D eigenvalue weighted by Gasteiger charge is -2.01. The molecule has 0 spiro atoms. The van der Waals surface area contributed by atoms with E-state index in [4.69, 9.17) is 0 Å². The van der Waals surface area contributed by atoms with Crippen molar-refractivity contribution in [3.05, 3.63) is 65.2 Å². The van der Waals surface area contributed by atoms with E-state index in [0.717, 1.165) is 11.1 Å². The number of rotatable bonds is 3. The lowest BCUT2D eigenvalue weighted by Crippen LogP contribution is -2.17. The number of nitrogens with one attached hydrogen (secondary N) is 1. The summed E-state index contributed by atoms with van der Waals surface area (Å²) in [5.41, 5.74) is 4.63. The maximum atomic E-state index is 11.7. The standard InChI is InChI=1S/C15H14N2O2/c1-11-6-8-12(9-7-11)10-16-17-15(19)13-4-2-3-5-14(13)18/h2-10,18H,1H3,(H,17,19)/b16-10+. The van der Waals surface area contributed by atoms with Crippen molar-refractivity contribution in [1.82, 2.24) is 5.43 Å². The summed E-state index contributed by atoms with van der Waals surface area (Å²) >= 11 is 0. The van der Waals surface area contributed by atoms with Gasteiger partial charge in [0.15, 0.2) is 0 Å². The van der Waals surface area contributed by atoms with Gasteiger partial charge in [-0.3, -0.25) is 4.79 Å². The first-order valence-electron chi connectivity index (χ1n) is 5.85. The predicted molar refractivity (Wildman–Crippen MR) is 74.3 cm³/mol. The Kier molecular flexibility index (Phi) is 3.93. The van der Waals surface area contributed by atoms with Crippen molar-refractivity contribution in [3.8, 4) is 5.75 Å². The molecule has 2 aromatic rings. The van der Waals surface area contributed by atoms with Crippen LogP contribution in [0.15, 0.2) is 53.6 Å². The molecule has 0 aliphatic carbocycles. The third kappa shape index (κ3) is 3.42. The van der Waals surface area contributed by atoms with Gasteiger partial charge < -0.3 is 5.11 Å². The van der Waals surface area contributed by atoms with Crippen molar-refractivity contribution in [3.63, 3.8) is 0 Å². The van der Waals surface area contributed by atoms with E-state index >= 15 is 0 Å². The number of benzene rings is 2. The van der Waals surface area contributed by atoms with E-state index in [1.54, 1.807) is 18.3 Å². The minimum absolute atomic E-state index is 0.0643. The summed E-state index contributed by atoms with van der Waals surface area (Å²) in [6, 6.07) is 14.1. The number of phenols is 1. The molecule has 0 heterocycles. The van der Waals surface area contributed by atoms with Gasteiger partial charge in [0.05, 0.1) is 11.8 Å². The lowest BCUT2D eigenvalue weighted by molar-refractivity contribution is 0.0952. The number of phenolic OH excluding ortho intramolecular Hbond substituents is 1. The fourth-order valence-electron chi connectivity index (χ4n) is 1.54. The van der Waals surface area contributed by atoms with Gasteiger partial charge in [0, 0.05) is 0 Å². The number of carbonyl (C=O) groups is 1. The summed E-state index contributed by atoms with van der Waals surface area (Å²) in [7, 11) is 0. The minimum atomic E-state index is -0.443. The zero-order valence-electron chi connectivity index (χ0n) is 10.5. The normalized spacial score (nSPS) is 10.6. The summed E-state index contributed by atoms with van der Waals surface area (Å²) in [5.74, 6) is -0.507. The van der Waals surface area contributed by atoms with Gasteiger partial charge >= 0.3 is 0 Å². The third-order valence-electron chi connectivity index (χ3n) is 2.61. The van der Waals surface area contributed by atoms with E-state index in [-0.39, 0.29) is 11.3 Å². The van der Waals surface area contributed by atoms with Crippen LogP contribution in [0, 0.1) is 6.92 Å². The molecule has 0 saturated carbocycles. The van der Waals surface area contributed by atoms with E-state index < -0.39 is 5.91 Å². The van der Waals surface area contributed by atoms with Crippen molar-refractivity contribution >= 4 is 12.1 Å². The van der Waals surface area contributed by atoms with Crippen molar-refractivity contribution in [1.29, 1.82) is 0 Å². The maximum absolute atomic E-state index is 11.7. The van der Waals surface area contributed by atoms with Crippen LogP contribution in [0.1, 0.15) is 21.5 Å². The number of hydrazone groups is 1. The number of aromatic hydroxyl groups is 1. The molecule has 2 aromatic carbocycles. The molecule has 0 aliphatic heterocycles. The van der Waals surface area contributed by atoms with Crippen LogP contribution in [0.25, 0.3) is 0 Å². The first-order valence-corrected chi connectivity index (χ1v) is 5.85. The lowest BCUT2D eigenvalue weighted by atomic mass is 10.2. The number of amides is 1. The van der Waals surface area contributed by atoms with Crippen molar-refractivity contribution in [2.75, 3.05) is 0 Å². The largest absolute Gasteiger partial charge is 0.507 e.